The number of amides is 1. The van der Waals surface area contributed by atoms with Crippen molar-refractivity contribution >= 4 is 5.91 Å². The minimum absolute atomic E-state index is 0.00130. The zero-order chi connectivity index (χ0) is 19.5. The van der Waals surface area contributed by atoms with Crippen LogP contribution >= 0.6 is 0 Å². The van der Waals surface area contributed by atoms with Gasteiger partial charge in [-0.2, -0.15) is 5.10 Å². The molecule has 1 aliphatic carbocycles. The van der Waals surface area contributed by atoms with E-state index in [0.29, 0.717) is 32.4 Å². The molecule has 2 heterocycles. The van der Waals surface area contributed by atoms with E-state index in [1.54, 1.807) is 15.6 Å². The van der Waals surface area contributed by atoms with Gasteiger partial charge in [-0.3, -0.25) is 19.4 Å². The number of carbonyl (C=O) groups excluding carboxylic acids is 1. The monoisotopic (exact) mass is 379 g/mol. The van der Waals surface area contributed by atoms with E-state index in [1.807, 2.05) is 43.5 Å². The lowest BCUT2D eigenvalue weighted by Gasteiger charge is -2.14. The number of nitrogens with zero attached hydrogens (tertiary/aromatic N) is 3. The van der Waals surface area contributed by atoms with Crippen molar-refractivity contribution in [2.24, 2.45) is 5.92 Å². The Kier molecular flexibility index (Phi) is 5.14. The van der Waals surface area contributed by atoms with E-state index in [9.17, 15) is 9.59 Å². The van der Waals surface area contributed by atoms with Gasteiger partial charge in [-0.25, -0.2) is 4.68 Å². The minimum Gasteiger partial charge on any atom is -0.354 e. The highest BCUT2D eigenvalue weighted by Gasteiger charge is 2.25. The molecular formula is C21H25N5O2. The first-order chi connectivity index (χ1) is 13.6. The second kappa shape index (κ2) is 7.88. The summed E-state index contributed by atoms with van der Waals surface area (Å²) >= 11 is 0. The number of hydrogen-bond donors (Lipinski definition) is 2. The van der Waals surface area contributed by atoms with Crippen LogP contribution in [-0.2, 0) is 24.2 Å². The molecule has 1 unspecified atom stereocenters. The van der Waals surface area contributed by atoms with Gasteiger partial charge in [-0.1, -0.05) is 17.7 Å². The molecule has 1 aliphatic rings. The third-order valence-electron chi connectivity index (χ3n) is 5.42. The molecule has 0 aliphatic heterocycles. The van der Waals surface area contributed by atoms with E-state index in [0.717, 1.165) is 28.9 Å². The van der Waals surface area contributed by atoms with Crippen LogP contribution in [0.4, 0.5) is 0 Å². The standard InChI is InChI=1S/C21H25N5O2/c1-15-3-7-17(8-4-15)26-21(28)18-9-5-16(6-10-19(18)24-26)20(27)22-12-14-25-13-2-11-23-25/h2-4,7-8,11,13,16,24H,5-6,9-10,12,14H2,1H3,(H,22,27). The summed E-state index contributed by atoms with van der Waals surface area (Å²) in [5.41, 5.74) is 3.77. The number of nitrogens with one attached hydrogen (secondary N) is 2. The zero-order valence-corrected chi connectivity index (χ0v) is 16.0. The van der Waals surface area contributed by atoms with Crippen molar-refractivity contribution in [3.05, 3.63) is 69.9 Å². The SMILES string of the molecule is Cc1ccc(-n2[nH]c3c(c2=O)CCC(C(=O)NCCn2cccn2)CC3)cc1. The van der Waals surface area contributed by atoms with Crippen LogP contribution in [0.15, 0.2) is 47.5 Å². The van der Waals surface area contributed by atoms with Crippen LogP contribution in [-0.4, -0.2) is 32.0 Å². The lowest BCUT2D eigenvalue weighted by Crippen LogP contribution is -2.33. The Bertz CT molecular complexity index is 999. The number of benzene rings is 1. The second-order valence-corrected chi connectivity index (χ2v) is 7.38. The molecule has 7 nitrogen and oxygen atoms in total. The third-order valence-corrected chi connectivity index (χ3v) is 5.42. The molecule has 2 N–H and O–H groups in total. The summed E-state index contributed by atoms with van der Waals surface area (Å²) in [5, 5.41) is 10.4. The molecule has 1 amide bonds. The molecule has 3 aromatic rings. The van der Waals surface area contributed by atoms with Gasteiger partial charge >= 0.3 is 0 Å². The first-order valence-corrected chi connectivity index (χ1v) is 9.77. The number of fused-ring (bicyclic) bond motifs is 1. The molecular weight excluding hydrogens is 354 g/mol. The quantitative estimate of drug-likeness (QED) is 0.665. The molecule has 28 heavy (non-hydrogen) atoms. The van der Waals surface area contributed by atoms with Crippen molar-refractivity contribution < 1.29 is 4.79 Å². The number of rotatable bonds is 5. The maximum atomic E-state index is 12.9. The van der Waals surface area contributed by atoms with Gasteiger partial charge in [-0.05, 0) is 50.8 Å². The Balaban J connectivity index is 1.39. The Labute approximate surface area is 163 Å². The highest BCUT2D eigenvalue weighted by molar-refractivity contribution is 5.78. The third kappa shape index (κ3) is 3.78. The lowest BCUT2D eigenvalue weighted by molar-refractivity contribution is -0.125. The van der Waals surface area contributed by atoms with Gasteiger partial charge in [-0.15, -0.1) is 0 Å². The number of aryl methyl sites for hydroxylation is 2. The molecule has 0 fully saturated rings. The number of aromatic nitrogens is 4. The van der Waals surface area contributed by atoms with Crippen molar-refractivity contribution in [3.8, 4) is 5.69 Å². The van der Waals surface area contributed by atoms with Crippen LogP contribution < -0.4 is 10.9 Å². The molecule has 146 valence electrons. The highest BCUT2D eigenvalue weighted by Crippen LogP contribution is 2.22. The fraction of sp³-hybridized carbons (Fsp3) is 0.381. The van der Waals surface area contributed by atoms with Crippen LogP contribution in [0, 0.1) is 12.8 Å². The average Bonchev–Trinajstić information content (AvgIpc) is 3.25. The summed E-state index contributed by atoms with van der Waals surface area (Å²) in [5.74, 6) is 0.00168. The minimum atomic E-state index is -0.0642. The van der Waals surface area contributed by atoms with Gasteiger partial charge in [0.2, 0.25) is 5.91 Å². The average molecular weight is 379 g/mol. The van der Waals surface area contributed by atoms with Gasteiger partial charge in [0.05, 0.1) is 12.2 Å². The lowest BCUT2D eigenvalue weighted by atomic mass is 9.99. The normalized spacial score (nSPS) is 16.4. The van der Waals surface area contributed by atoms with Crippen molar-refractivity contribution in [1.29, 1.82) is 0 Å². The van der Waals surface area contributed by atoms with Crippen LogP contribution in [0.25, 0.3) is 5.69 Å². The molecule has 0 spiro atoms. The van der Waals surface area contributed by atoms with Crippen LogP contribution in [0.2, 0.25) is 0 Å². The van der Waals surface area contributed by atoms with Crippen LogP contribution in [0.3, 0.4) is 0 Å². The Morgan fingerprint density at radius 1 is 1.25 bits per heavy atom. The van der Waals surface area contributed by atoms with Crippen molar-refractivity contribution in [3.63, 3.8) is 0 Å². The number of hydrogen-bond acceptors (Lipinski definition) is 3. The predicted octanol–water partition coefficient (Wildman–Crippen LogP) is 1.98. The molecule has 0 saturated heterocycles. The van der Waals surface area contributed by atoms with E-state index < -0.39 is 0 Å². The first kappa shape index (κ1) is 18.3. The fourth-order valence-corrected chi connectivity index (χ4v) is 3.77. The van der Waals surface area contributed by atoms with E-state index in [-0.39, 0.29) is 17.4 Å². The molecule has 4 rings (SSSR count). The zero-order valence-electron chi connectivity index (χ0n) is 16.0. The first-order valence-electron chi connectivity index (χ1n) is 9.77. The molecule has 0 saturated carbocycles. The van der Waals surface area contributed by atoms with E-state index in [2.05, 4.69) is 15.5 Å². The number of aromatic amines is 1. The highest BCUT2D eigenvalue weighted by atomic mass is 16.2. The summed E-state index contributed by atoms with van der Waals surface area (Å²) in [6.45, 7) is 3.24. The van der Waals surface area contributed by atoms with Crippen LogP contribution in [0.5, 0.6) is 0 Å². The van der Waals surface area contributed by atoms with Gasteiger partial charge in [0.25, 0.3) is 5.56 Å². The van der Waals surface area contributed by atoms with Crippen molar-refractivity contribution in [2.45, 2.75) is 39.2 Å². The van der Waals surface area contributed by atoms with Gasteiger partial charge in [0.15, 0.2) is 0 Å². The van der Waals surface area contributed by atoms with Crippen molar-refractivity contribution in [1.82, 2.24) is 24.9 Å². The smallest absolute Gasteiger partial charge is 0.274 e. The summed E-state index contributed by atoms with van der Waals surface area (Å²) in [6, 6.07) is 9.75. The van der Waals surface area contributed by atoms with Crippen molar-refractivity contribution in [2.75, 3.05) is 6.54 Å². The Morgan fingerprint density at radius 2 is 2.04 bits per heavy atom. The summed E-state index contributed by atoms with van der Waals surface area (Å²) in [6.07, 6.45) is 6.38. The second-order valence-electron chi connectivity index (χ2n) is 7.38. The van der Waals surface area contributed by atoms with Gasteiger partial charge in [0, 0.05) is 36.1 Å². The number of H-pyrrole nitrogens is 1. The van der Waals surface area contributed by atoms with E-state index >= 15 is 0 Å². The van der Waals surface area contributed by atoms with Crippen LogP contribution in [0.1, 0.15) is 29.7 Å². The molecule has 7 heteroatoms. The molecule has 0 radical (unpaired) electrons. The fourth-order valence-electron chi connectivity index (χ4n) is 3.77. The number of carbonyl (C=O) groups is 1. The molecule has 0 bridgehead atoms. The molecule has 2 aromatic heterocycles. The maximum absolute atomic E-state index is 12.9. The molecule has 1 atom stereocenters. The predicted molar refractivity (Wildman–Crippen MR) is 106 cm³/mol. The Hall–Kier alpha value is -3.09. The molecule has 1 aromatic carbocycles. The van der Waals surface area contributed by atoms with Gasteiger partial charge < -0.3 is 5.32 Å². The summed E-state index contributed by atoms with van der Waals surface area (Å²) < 4.78 is 3.42. The summed E-state index contributed by atoms with van der Waals surface area (Å²) in [4.78, 5) is 25.4. The Morgan fingerprint density at radius 3 is 2.79 bits per heavy atom. The largest absolute Gasteiger partial charge is 0.354 e. The topological polar surface area (TPSA) is 84.7 Å². The summed E-state index contributed by atoms with van der Waals surface area (Å²) in [7, 11) is 0. The maximum Gasteiger partial charge on any atom is 0.274 e. The van der Waals surface area contributed by atoms with E-state index in [1.165, 1.54) is 0 Å². The van der Waals surface area contributed by atoms with Gasteiger partial charge in [0.1, 0.15) is 0 Å². The van der Waals surface area contributed by atoms with E-state index in [4.69, 9.17) is 0 Å².